The molecule has 19 heavy (non-hydrogen) atoms. The average Bonchev–Trinajstić information content (AvgIpc) is 2.78. The number of imidazole rings is 1. The van der Waals surface area contributed by atoms with Crippen LogP contribution in [-0.4, -0.2) is 33.6 Å². The number of hydrogen-bond acceptors (Lipinski definition) is 3. The van der Waals surface area contributed by atoms with Crippen LogP contribution in [0.15, 0.2) is 18.3 Å². The summed E-state index contributed by atoms with van der Waals surface area (Å²) in [7, 11) is 0. The van der Waals surface area contributed by atoms with Crippen molar-refractivity contribution in [3.05, 3.63) is 35.4 Å². The third-order valence-electron chi connectivity index (χ3n) is 3.69. The zero-order valence-electron chi connectivity index (χ0n) is 10.9. The first-order valence-electron chi connectivity index (χ1n) is 6.59. The Labute approximate surface area is 111 Å². The second kappa shape index (κ2) is 4.66. The van der Waals surface area contributed by atoms with Gasteiger partial charge in [0, 0.05) is 18.7 Å². The lowest BCUT2D eigenvalue weighted by atomic mass is 9.99. The van der Waals surface area contributed by atoms with Gasteiger partial charge in [0.05, 0.1) is 5.52 Å². The normalized spacial score (nSPS) is 19.7. The average molecular weight is 259 g/mol. The summed E-state index contributed by atoms with van der Waals surface area (Å²) >= 11 is 0. The first kappa shape index (κ1) is 12.2. The fourth-order valence-corrected chi connectivity index (χ4v) is 2.73. The van der Waals surface area contributed by atoms with Gasteiger partial charge < -0.3 is 14.8 Å². The Hall–Kier alpha value is -1.88. The SMILES string of the molecule is Cc1ccn2c(C3CCCNC3)nc(C(=O)O)c2c1. The van der Waals surface area contributed by atoms with Crippen LogP contribution in [0.1, 0.15) is 40.6 Å². The molecule has 3 heterocycles. The summed E-state index contributed by atoms with van der Waals surface area (Å²) in [4.78, 5) is 15.7. The van der Waals surface area contributed by atoms with Crippen molar-refractivity contribution in [3.8, 4) is 0 Å². The van der Waals surface area contributed by atoms with E-state index in [-0.39, 0.29) is 11.6 Å². The minimum absolute atomic E-state index is 0.157. The molecule has 0 aromatic carbocycles. The predicted octanol–water partition coefficient (Wildman–Crippen LogP) is 1.81. The third-order valence-corrected chi connectivity index (χ3v) is 3.69. The number of nitrogens with zero attached hydrogens (tertiary/aromatic N) is 2. The number of fused-ring (bicyclic) bond motifs is 1. The van der Waals surface area contributed by atoms with E-state index in [0.29, 0.717) is 5.52 Å². The van der Waals surface area contributed by atoms with Gasteiger partial charge >= 0.3 is 5.97 Å². The monoisotopic (exact) mass is 259 g/mol. The van der Waals surface area contributed by atoms with E-state index < -0.39 is 5.97 Å². The predicted molar refractivity (Wildman–Crippen MR) is 71.7 cm³/mol. The Balaban J connectivity index is 2.16. The second-order valence-electron chi connectivity index (χ2n) is 5.13. The first-order chi connectivity index (χ1) is 9.16. The van der Waals surface area contributed by atoms with Gasteiger partial charge in [0.15, 0.2) is 5.69 Å². The molecule has 1 aliphatic rings. The molecule has 1 atom stereocenters. The summed E-state index contributed by atoms with van der Waals surface area (Å²) in [5, 5.41) is 12.6. The Morgan fingerprint density at radius 3 is 3.11 bits per heavy atom. The fraction of sp³-hybridized carbons (Fsp3) is 0.429. The van der Waals surface area contributed by atoms with Crippen LogP contribution in [-0.2, 0) is 0 Å². The van der Waals surface area contributed by atoms with Gasteiger partial charge in [-0.2, -0.15) is 0 Å². The lowest BCUT2D eigenvalue weighted by Crippen LogP contribution is -2.29. The zero-order valence-corrected chi connectivity index (χ0v) is 10.9. The van der Waals surface area contributed by atoms with E-state index >= 15 is 0 Å². The first-order valence-corrected chi connectivity index (χ1v) is 6.59. The molecule has 0 amide bonds. The van der Waals surface area contributed by atoms with Crippen LogP contribution in [0.25, 0.3) is 5.52 Å². The van der Waals surface area contributed by atoms with Gasteiger partial charge in [0.25, 0.3) is 0 Å². The number of rotatable bonds is 2. The third kappa shape index (κ3) is 2.10. The molecular weight excluding hydrogens is 242 g/mol. The number of carbonyl (C=O) groups is 1. The number of carboxylic acid groups (broad SMARTS) is 1. The second-order valence-corrected chi connectivity index (χ2v) is 5.13. The maximum absolute atomic E-state index is 11.3. The molecule has 1 aliphatic heterocycles. The molecule has 1 unspecified atom stereocenters. The van der Waals surface area contributed by atoms with Gasteiger partial charge in [0.2, 0.25) is 0 Å². The molecule has 0 radical (unpaired) electrons. The van der Waals surface area contributed by atoms with Gasteiger partial charge in [-0.25, -0.2) is 9.78 Å². The molecule has 2 aromatic rings. The Bertz CT molecular complexity index is 627. The summed E-state index contributed by atoms with van der Waals surface area (Å²) in [6, 6.07) is 3.87. The topological polar surface area (TPSA) is 66.6 Å². The van der Waals surface area contributed by atoms with Crippen molar-refractivity contribution >= 4 is 11.5 Å². The van der Waals surface area contributed by atoms with Crippen LogP contribution in [0.3, 0.4) is 0 Å². The molecule has 2 N–H and O–H groups in total. The number of carboxylic acids is 1. The highest BCUT2D eigenvalue weighted by Crippen LogP contribution is 2.25. The number of aromatic carboxylic acids is 1. The van der Waals surface area contributed by atoms with Crippen molar-refractivity contribution < 1.29 is 9.90 Å². The minimum Gasteiger partial charge on any atom is -0.476 e. The minimum atomic E-state index is -0.960. The number of pyridine rings is 1. The van der Waals surface area contributed by atoms with E-state index in [9.17, 15) is 9.90 Å². The number of nitrogens with one attached hydrogen (secondary N) is 1. The van der Waals surface area contributed by atoms with Gasteiger partial charge in [-0.05, 0) is 44.0 Å². The molecule has 1 fully saturated rings. The summed E-state index contributed by atoms with van der Waals surface area (Å²) in [5.41, 5.74) is 1.89. The highest BCUT2D eigenvalue weighted by atomic mass is 16.4. The van der Waals surface area contributed by atoms with Crippen LogP contribution >= 0.6 is 0 Å². The molecule has 0 spiro atoms. The fourth-order valence-electron chi connectivity index (χ4n) is 2.73. The van der Waals surface area contributed by atoms with Crippen molar-refractivity contribution in [1.82, 2.24) is 14.7 Å². The van der Waals surface area contributed by atoms with E-state index in [2.05, 4.69) is 10.3 Å². The highest BCUT2D eigenvalue weighted by molar-refractivity contribution is 5.93. The largest absolute Gasteiger partial charge is 0.476 e. The molecule has 0 bridgehead atoms. The molecule has 1 saturated heterocycles. The lowest BCUT2D eigenvalue weighted by molar-refractivity contribution is 0.0693. The number of piperidine rings is 1. The van der Waals surface area contributed by atoms with Crippen LogP contribution in [0, 0.1) is 6.92 Å². The number of aryl methyl sites for hydroxylation is 1. The van der Waals surface area contributed by atoms with Crippen LogP contribution < -0.4 is 5.32 Å². The maximum Gasteiger partial charge on any atom is 0.356 e. The van der Waals surface area contributed by atoms with E-state index in [0.717, 1.165) is 37.3 Å². The van der Waals surface area contributed by atoms with Crippen molar-refractivity contribution in [1.29, 1.82) is 0 Å². The van der Waals surface area contributed by atoms with Crippen molar-refractivity contribution in [2.45, 2.75) is 25.7 Å². The van der Waals surface area contributed by atoms with Crippen molar-refractivity contribution in [2.75, 3.05) is 13.1 Å². The molecule has 0 aliphatic carbocycles. The van der Waals surface area contributed by atoms with Crippen LogP contribution in [0.2, 0.25) is 0 Å². The standard InChI is InChI=1S/C14H17N3O2/c1-9-4-6-17-11(7-9)12(14(18)19)16-13(17)10-3-2-5-15-8-10/h4,6-7,10,15H,2-3,5,8H2,1H3,(H,18,19). The lowest BCUT2D eigenvalue weighted by Gasteiger charge is -2.21. The van der Waals surface area contributed by atoms with E-state index in [4.69, 9.17) is 0 Å². The molecule has 2 aromatic heterocycles. The Morgan fingerprint density at radius 2 is 2.42 bits per heavy atom. The van der Waals surface area contributed by atoms with Crippen LogP contribution in [0.5, 0.6) is 0 Å². The van der Waals surface area contributed by atoms with Crippen LogP contribution in [0.4, 0.5) is 0 Å². The Morgan fingerprint density at radius 1 is 1.58 bits per heavy atom. The van der Waals surface area contributed by atoms with E-state index in [1.165, 1.54) is 0 Å². The zero-order chi connectivity index (χ0) is 13.4. The summed E-state index contributed by atoms with van der Waals surface area (Å²) in [5.74, 6) is 0.190. The molecule has 5 heteroatoms. The van der Waals surface area contributed by atoms with E-state index in [1.54, 1.807) is 0 Å². The maximum atomic E-state index is 11.3. The number of hydrogen-bond donors (Lipinski definition) is 2. The highest BCUT2D eigenvalue weighted by Gasteiger charge is 2.24. The van der Waals surface area contributed by atoms with Crippen molar-refractivity contribution in [3.63, 3.8) is 0 Å². The summed E-state index contributed by atoms with van der Waals surface area (Å²) in [6.07, 6.45) is 4.08. The number of aromatic nitrogens is 2. The summed E-state index contributed by atoms with van der Waals surface area (Å²) in [6.45, 7) is 3.86. The van der Waals surface area contributed by atoms with Gasteiger partial charge in [0.1, 0.15) is 5.82 Å². The molecule has 0 saturated carbocycles. The van der Waals surface area contributed by atoms with Crippen molar-refractivity contribution in [2.24, 2.45) is 0 Å². The smallest absolute Gasteiger partial charge is 0.356 e. The molecular formula is C14H17N3O2. The van der Waals surface area contributed by atoms with E-state index in [1.807, 2.05) is 29.7 Å². The van der Waals surface area contributed by atoms with Gasteiger partial charge in [-0.1, -0.05) is 0 Å². The summed E-state index contributed by atoms with van der Waals surface area (Å²) < 4.78 is 1.92. The Kier molecular flexibility index (Phi) is 2.98. The molecule has 3 rings (SSSR count). The van der Waals surface area contributed by atoms with Gasteiger partial charge in [-0.15, -0.1) is 0 Å². The molecule has 100 valence electrons. The van der Waals surface area contributed by atoms with Gasteiger partial charge in [-0.3, -0.25) is 0 Å². The quantitative estimate of drug-likeness (QED) is 0.863. The molecule has 5 nitrogen and oxygen atoms in total.